The third-order valence-electron chi connectivity index (χ3n) is 3.42. The highest BCUT2D eigenvalue weighted by Gasteiger charge is 2.30. The molecule has 0 saturated carbocycles. The minimum absolute atomic E-state index is 0.0252. The van der Waals surface area contributed by atoms with Crippen molar-refractivity contribution in [1.29, 1.82) is 0 Å². The molecule has 2 rings (SSSR count). The zero-order valence-electron chi connectivity index (χ0n) is 14.1. The average molecular weight is 389 g/mol. The van der Waals surface area contributed by atoms with Crippen molar-refractivity contribution in [2.24, 2.45) is 5.10 Å². The van der Waals surface area contributed by atoms with Gasteiger partial charge in [0, 0.05) is 11.6 Å². The van der Waals surface area contributed by atoms with Gasteiger partial charge in [-0.25, -0.2) is 0 Å². The largest absolute Gasteiger partial charge is 0.496 e. The number of hydrogen-bond donors (Lipinski definition) is 1. The highest BCUT2D eigenvalue weighted by molar-refractivity contribution is 6.33. The van der Waals surface area contributed by atoms with Crippen molar-refractivity contribution < 1.29 is 27.4 Å². The Kier molecular flexibility index (Phi) is 6.20. The molecule has 0 bridgehead atoms. The Labute approximate surface area is 153 Å². The van der Waals surface area contributed by atoms with E-state index < -0.39 is 11.7 Å². The number of alkyl halides is 3. The lowest BCUT2D eigenvalue weighted by Gasteiger charge is -2.12. The van der Waals surface area contributed by atoms with Gasteiger partial charge in [-0.15, -0.1) is 0 Å². The maximum atomic E-state index is 12.8. The molecule has 0 radical (unpaired) electrons. The molecule has 2 aromatic rings. The van der Waals surface area contributed by atoms with E-state index in [0.29, 0.717) is 22.8 Å². The van der Waals surface area contributed by atoms with Gasteiger partial charge in [-0.1, -0.05) is 11.6 Å². The summed E-state index contributed by atoms with van der Waals surface area (Å²) in [4.78, 5) is 0. The minimum Gasteiger partial charge on any atom is -0.496 e. The van der Waals surface area contributed by atoms with E-state index in [9.17, 15) is 13.2 Å². The maximum absolute atomic E-state index is 12.8. The summed E-state index contributed by atoms with van der Waals surface area (Å²) in [5.41, 5.74) is 2.22. The Balaban J connectivity index is 2.28. The van der Waals surface area contributed by atoms with Gasteiger partial charge in [0.05, 0.1) is 43.8 Å². The number of anilines is 1. The standard InChI is InChI=1S/C17H16ClF3N2O3/c1-24-14-8-16(26-3)15(25-2)6-10(14)9-22-23-13-7-11(17(19,20)21)4-5-12(13)18/h4-9,23H,1-3H3/b22-9-. The van der Waals surface area contributed by atoms with Crippen molar-refractivity contribution >= 4 is 23.5 Å². The van der Waals surface area contributed by atoms with Crippen molar-refractivity contribution in [2.45, 2.75) is 6.18 Å². The minimum atomic E-state index is -4.47. The molecule has 2 aromatic carbocycles. The first kappa shape index (κ1) is 19.7. The van der Waals surface area contributed by atoms with Gasteiger partial charge in [-0.2, -0.15) is 18.3 Å². The predicted molar refractivity (Wildman–Crippen MR) is 93.8 cm³/mol. The van der Waals surface area contributed by atoms with Crippen LogP contribution in [-0.2, 0) is 6.18 Å². The zero-order valence-corrected chi connectivity index (χ0v) is 14.9. The van der Waals surface area contributed by atoms with Crippen molar-refractivity contribution in [3.05, 3.63) is 46.5 Å². The number of nitrogens with zero attached hydrogens (tertiary/aromatic N) is 1. The normalized spacial score (nSPS) is 11.5. The van der Waals surface area contributed by atoms with Gasteiger partial charge in [0.15, 0.2) is 11.5 Å². The van der Waals surface area contributed by atoms with Crippen molar-refractivity contribution in [1.82, 2.24) is 0 Å². The lowest BCUT2D eigenvalue weighted by molar-refractivity contribution is -0.137. The molecule has 9 heteroatoms. The Hall–Kier alpha value is -2.61. The van der Waals surface area contributed by atoms with Crippen LogP contribution in [0.2, 0.25) is 5.02 Å². The van der Waals surface area contributed by atoms with Crippen molar-refractivity contribution in [2.75, 3.05) is 26.8 Å². The van der Waals surface area contributed by atoms with Crippen LogP contribution in [0, 0.1) is 0 Å². The van der Waals surface area contributed by atoms with Gasteiger partial charge in [-0.05, 0) is 24.3 Å². The Morgan fingerprint density at radius 2 is 1.58 bits per heavy atom. The molecule has 0 amide bonds. The number of ether oxygens (including phenoxy) is 3. The predicted octanol–water partition coefficient (Wildman–Crippen LogP) is 4.83. The molecule has 1 N–H and O–H groups in total. The number of hydrogen-bond acceptors (Lipinski definition) is 5. The maximum Gasteiger partial charge on any atom is 0.416 e. The molecule has 0 unspecified atom stereocenters. The fourth-order valence-electron chi connectivity index (χ4n) is 2.11. The summed E-state index contributed by atoms with van der Waals surface area (Å²) in [5.74, 6) is 1.37. The highest BCUT2D eigenvalue weighted by atomic mass is 35.5. The van der Waals surface area contributed by atoms with Gasteiger partial charge in [0.25, 0.3) is 0 Å². The van der Waals surface area contributed by atoms with Crippen molar-refractivity contribution in [3.63, 3.8) is 0 Å². The van der Waals surface area contributed by atoms with E-state index in [1.54, 1.807) is 12.1 Å². The van der Waals surface area contributed by atoms with E-state index in [0.717, 1.165) is 18.2 Å². The fraction of sp³-hybridized carbons (Fsp3) is 0.235. The molecule has 0 aliphatic rings. The van der Waals surface area contributed by atoms with Crippen LogP contribution < -0.4 is 19.6 Å². The highest BCUT2D eigenvalue weighted by Crippen LogP contribution is 2.35. The lowest BCUT2D eigenvalue weighted by atomic mass is 10.2. The summed E-state index contributed by atoms with van der Waals surface area (Å²) >= 11 is 5.91. The summed E-state index contributed by atoms with van der Waals surface area (Å²) in [6.07, 6.45) is -3.10. The number of nitrogens with one attached hydrogen (secondary N) is 1. The van der Waals surface area contributed by atoms with Crippen LogP contribution in [-0.4, -0.2) is 27.5 Å². The van der Waals surface area contributed by atoms with Crippen LogP contribution in [0.15, 0.2) is 35.4 Å². The quantitative estimate of drug-likeness (QED) is 0.569. The molecular formula is C17H16ClF3N2O3. The summed E-state index contributed by atoms with van der Waals surface area (Å²) in [5, 5.41) is 4.04. The van der Waals surface area contributed by atoms with Crippen LogP contribution in [0.25, 0.3) is 0 Å². The molecule has 0 fully saturated rings. The molecule has 140 valence electrons. The Bertz CT molecular complexity index is 811. The third kappa shape index (κ3) is 4.51. The smallest absolute Gasteiger partial charge is 0.416 e. The SMILES string of the molecule is COc1cc(OC)c(OC)cc1/C=N\Nc1cc(C(F)(F)F)ccc1Cl. The zero-order chi connectivity index (χ0) is 19.3. The Morgan fingerprint density at radius 3 is 2.15 bits per heavy atom. The molecule has 0 heterocycles. The molecule has 26 heavy (non-hydrogen) atoms. The summed E-state index contributed by atoms with van der Waals surface area (Å²) < 4.78 is 54.0. The molecule has 0 aliphatic heterocycles. The first-order chi connectivity index (χ1) is 12.3. The molecule has 0 saturated heterocycles. The summed E-state index contributed by atoms with van der Waals surface area (Å²) in [6.45, 7) is 0. The van der Waals surface area contributed by atoms with Gasteiger partial charge in [-0.3, -0.25) is 5.43 Å². The second-order valence-electron chi connectivity index (χ2n) is 5.01. The first-order valence-corrected chi connectivity index (χ1v) is 7.63. The molecule has 5 nitrogen and oxygen atoms in total. The van der Waals surface area contributed by atoms with E-state index >= 15 is 0 Å². The van der Waals surface area contributed by atoms with Crippen LogP contribution in [0.3, 0.4) is 0 Å². The number of hydrazone groups is 1. The monoisotopic (exact) mass is 388 g/mol. The van der Waals surface area contributed by atoms with E-state index in [2.05, 4.69) is 10.5 Å². The van der Waals surface area contributed by atoms with E-state index in [4.69, 9.17) is 25.8 Å². The average Bonchev–Trinajstić information content (AvgIpc) is 2.61. The molecular weight excluding hydrogens is 373 g/mol. The molecule has 0 aliphatic carbocycles. The summed E-state index contributed by atoms with van der Waals surface area (Å²) in [7, 11) is 4.43. The second-order valence-corrected chi connectivity index (χ2v) is 5.42. The second kappa shape index (κ2) is 8.18. The number of benzene rings is 2. The van der Waals surface area contributed by atoms with Crippen LogP contribution in [0.4, 0.5) is 18.9 Å². The van der Waals surface area contributed by atoms with E-state index in [1.165, 1.54) is 27.5 Å². The Morgan fingerprint density at radius 1 is 0.962 bits per heavy atom. The van der Waals surface area contributed by atoms with Crippen LogP contribution >= 0.6 is 11.6 Å². The lowest BCUT2D eigenvalue weighted by Crippen LogP contribution is -2.05. The van der Waals surface area contributed by atoms with Crippen LogP contribution in [0.1, 0.15) is 11.1 Å². The number of halogens is 4. The third-order valence-corrected chi connectivity index (χ3v) is 3.75. The first-order valence-electron chi connectivity index (χ1n) is 7.26. The molecule has 0 atom stereocenters. The molecule has 0 spiro atoms. The van der Waals surface area contributed by atoms with Gasteiger partial charge in [0.1, 0.15) is 5.75 Å². The number of methoxy groups -OCH3 is 3. The fourth-order valence-corrected chi connectivity index (χ4v) is 2.27. The van der Waals surface area contributed by atoms with Crippen LogP contribution in [0.5, 0.6) is 17.2 Å². The van der Waals surface area contributed by atoms with Crippen molar-refractivity contribution in [3.8, 4) is 17.2 Å². The topological polar surface area (TPSA) is 52.1 Å². The molecule has 0 aromatic heterocycles. The van der Waals surface area contributed by atoms with E-state index in [1.807, 2.05) is 0 Å². The number of rotatable bonds is 6. The van der Waals surface area contributed by atoms with Gasteiger partial charge >= 0.3 is 6.18 Å². The van der Waals surface area contributed by atoms with Gasteiger partial charge in [0.2, 0.25) is 0 Å². The van der Waals surface area contributed by atoms with Gasteiger partial charge < -0.3 is 14.2 Å². The van der Waals surface area contributed by atoms with E-state index in [-0.39, 0.29) is 10.7 Å². The summed E-state index contributed by atoms with van der Waals surface area (Å²) in [6, 6.07) is 6.16.